The number of hydrogen-bond acceptors (Lipinski definition) is 6. The molecule has 2 aromatic carbocycles. The van der Waals surface area contributed by atoms with Gasteiger partial charge in [-0.05, 0) is 36.6 Å². The van der Waals surface area contributed by atoms with E-state index < -0.39 is 0 Å². The smallest absolute Gasteiger partial charge is 0.251 e. The van der Waals surface area contributed by atoms with Crippen LogP contribution in [0.5, 0.6) is 0 Å². The van der Waals surface area contributed by atoms with Crippen molar-refractivity contribution in [3.05, 3.63) is 66.1 Å². The Bertz CT molecular complexity index is 1000. The lowest BCUT2D eigenvalue weighted by molar-refractivity contribution is 0.595. The van der Waals surface area contributed by atoms with Gasteiger partial charge in [-0.1, -0.05) is 30.3 Å². The van der Waals surface area contributed by atoms with Crippen molar-refractivity contribution in [2.24, 2.45) is 0 Å². The number of piperazine rings is 1. The molecular formula is C22H23FN6. The highest BCUT2D eigenvalue weighted by Gasteiger charge is 2.24. The third kappa shape index (κ3) is 3.48. The Kier molecular flexibility index (Phi) is 4.71. The van der Waals surface area contributed by atoms with Crippen LogP contribution in [-0.2, 0) is 6.42 Å². The van der Waals surface area contributed by atoms with E-state index in [9.17, 15) is 4.39 Å². The van der Waals surface area contributed by atoms with Gasteiger partial charge in [-0.25, -0.2) is 4.39 Å². The molecule has 3 heterocycles. The Balaban J connectivity index is 1.33. The SMILES string of the molecule is Fc1ccccc1N1CCN(c2cnnc(N3CCCc4ccccc43)n2)CC1. The summed E-state index contributed by atoms with van der Waals surface area (Å²) < 4.78 is 14.1. The fourth-order valence-electron chi connectivity index (χ4n) is 4.18. The fraction of sp³-hybridized carbons (Fsp3) is 0.318. The van der Waals surface area contributed by atoms with Crippen LogP contribution in [0, 0.1) is 5.82 Å². The quantitative estimate of drug-likeness (QED) is 0.683. The van der Waals surface area contributed by atoms with Crippen LogP contribution in [0.4, 0.5) is 27.5 Å². The second-order valence-corrected chi connectivity index (χ2v) is 7.42. The molecule has 1 saturated heterocycles. The summed E-state index contributed by atoms with van der Waals surface area (Å²) in [6.07, 6.45) is 3.88. The van der Waals surface area contributed by atoms with Crippen LogP contribution in [0.15, 0.2) is 54.7 Å². The number of fused-ring (bicyclic) bond motifs is 1. The van der Waals surface area contributed by atoms with Crippen molar-refractivity contribution in [1.29, 1.82) is 0 Å². The molecule has 29 heavy (non-hydrogen) atoms. The molecule has 1 fully saturated rings. The van der Waals surface area contributed by atoms with Gasteiger partial charge in [0.05, 0.1) is 11.9 Å². The molecule has 0 spiro atoms. The number of nitrogens with zero attached hydrogens (tertiary/aromatic N) is 6. The standard InChI is InChI=1S/C22H23FN6/c23-18-8-2-4-10-20(18)27-12-14-28(15-13-27)21-16-24-26-22(25-21)29-11-5-7-17-6-1-3-9-19(17)29/h1-4,6,8-10,16H,5,7,11-15H2. The van der Waals surface area contributed by atoms with E-state index in [-0.39, 0.29) is 5.82 Å². The minimum Gasteiger partial charge on any atom is -0.366 e. The van der Waals surface area contributed by atoms with Crippen molar-refractivity contribution in [1.82, 2.24) is 15.2 Å². The summed E-state index contributed by atoms with van der Waals surface area (Å²) in [5, 5.41) is 8.54. The Morgan fingerprint density at radius 2 is 1.52 bits per heavy atom. The number of rotatable bonds is 3. The van der Waals surface area contributed by atoms with Crippen LogP contribution in [0.1, 0.15) is 12.0 Å². The average Bonchev–Trinajstić information content (AvgIpc) is 2.79. The predicted molar refractivity (Wildman–Crippen MR) is 112 cm³/mol. The summed E-state index contributed by atoms with van der Waals surface area (Å²) in [5.74, 6) is 1.30. The Morgan fingerprint density at radius 3 is 2.34 bits per heavy atom. The number of anilines is 4. The molecular weight excluding hydrogens is 367 g/mol. The molecule has 0 saturated carbocycles. The lowest BCUT2D eigenvalue weighted by Crippen LogP contribution is -2.47. The molecule has 3 aromatic rings. The van der Waals surface area contributed by atoms with Gasteiger partial charge in [0.15, 0.2) is 5.82 Å². The summed E-state index contributed by atoms with van der Waals surface area (Å²) in [6, 6.07) is 15.4. The van der Waals surface area contributed by atoms with Crippen LogP contribution in [0.3, 0.4) is 0 Å². The average molecular weight is 390 g/mol. The third-order valence-corrected chi connectivity index (χ3v) is 5.68. The number of hydrogen-bond donors (Lipinski definition) is 0. The van der Waals surface area contributed by atoms with Crippen molar-refractivity contribution in [3.63, 3.8) is 0 Å². The van der Waals surface area contributed by atoms with E-state index >= 15 is 0 Å². The second kappa shape index (κ2) is 7.66. The molecule has 0 radical (unpaired) electrons. The predicted octanol–water partition coefficient (Wildman–Crippen LogP) is 3.42. The topological polar surface area (TPSA) is 48.4 Å². The molecule has 0 N–H and O–H groups in total. The minimum absolute atomic E-state index is 0.171. The van der Waals surface area contributed by atoms with Gasteiger partial charge in [0.1, 0.15) is 5.82 Å². The Labute approximate surface area is 169 Å². The molecule has 5 rings (SSSR count). The molecule has 1 aromatic heterocycles. The zero-order chi connectivity index (χ0) is 19.6. The number of aromatic nitrogens is 3. The summed E-state index contributed by atoms with van der Waals surface area (Å²) in [5.41, 5.74) is 3.16. The highest BCUT2D eigenvalue weighted by molar-refractivity contribution is 5.64. The second-order valence-electron chi connectivity index (χ2n) is 7.42. The molecule has 0 unspecified atom stereocenters. The van der Waals surface area contributed by atoms with Gasteiger partial charge in [0, 0.05) is 38.4 Å². The highest BCUT2D eigenvalue weighted by atomic mass is 19.1. The van der Waals surface area contributed by atoms with Crippen molar-refractivity contribution in [2.45, 2.75) is 12.8 Å². The van der Waals surface area contributed by atoms with Gasteiger partial charge in [-0.15, -0.1) is 5.10 Å². The fourth-order valence-corrected chi connectivity index (χ4v) is 4.18. The van der Waals surface area contributed by atoms with E-state index in [1.165, 1.54) is 17.3 Å². The molecule has 2 aliphatic heterocycles. The van der Waals surface area contributed by atoms with Crippen LogP contribution in [0.2, 0.25) is 0 Å². The zero-order valence-electron chi connectivity index (χ0n) is 16.2. The molecule has 2 aliphatic rings. The molecule has 148 valence electrons. The van der Waals surface area contributed by atoms with Gasteiger partial charge < -0.3 is 14.7 Å². The lowest BCUT2D eigenvalue weighted by atomic mass is 10.0. The maximum Gasteiger partial charge on any atom is 0.251 e. The van der Waals surface area contributed by atoms with Crippen LogP contribution >= 0.6 is 0 Å². The van der Waals surface area contributed by atoms with Crippen LogP contribution < -0.4 is 14.7 Å². The van der Waals surface area contributed by atoms with Gasteiger partial charge in [-0.2, -0.15) is 10.1 Å². The van der Waals surface area contributed by atoms with Crippen molar-refractivity contribution < 1.29 is 4.39 Å². The number of aryl methyl sites for hydroxylation is 1. The number of halogens is 1. The van der Waals surface area contributed by atoms with E-state index in [2.05, 4.69) is 49.2 Å². The van der Waals surface area contributed by atoms with Gasteiger partial charge >= 0.3 is 0 Å². The maximum atomic E-state index is 14.1. The van der Waals surface area contributed by atoms with E-state index in [4.69, 9.17) is 4.98 Å². The van der Waals surface area contributed by atoms with E-state index in [1.54, 1.807) is 12.3 Å². The minimum atomic E-state index is -0.171. The van der Waals surface area contributed by atoms with Crippen LogP contribution in [-0.4, -0.2) is 47.9 Å². The first-order valence-electron chi connectivity index (χ1n) is 10.1. The first-order chi connectivity index (χ1) is 14.3. The summed E-state index contributed by atoms with van der Waals surface area (Å²) >= 11 is 0. The summed E-state index contributed by atoms with van der Waals surface area (Å²) in [4.78, 5) is 11.3. The Morgan fingerprint density at radius 1 is 0.793 bits per heavy atom. The molecule has 0 amide bonds. The van der Waals surface area contributed by atoms with Gasteiger partial charge in [0.25, 0.3) is 5.95 Å². The van der Waals surface area contributed by atoms with Gasteiger partial charge in [0.2, 0.25) is 0 Å². The highest BCUT2D eigenvalue weighted by Crippen LogP contribution is 2.31. The zero-order valence-corrected chi connectivity index (χ0v) is 16.2. The third-order valence-electron chi connectivity index (χ3n) is 5.68. The van der Waals surface area contributed by atoms with E-state index in [0.29, 0.717) is 11.6 Å². The van der Waals surface area contributed by atoms with E-state index in [0.717, 1.165) is 51.4 Å². The Hall–Kier alpha value is -3.22. The van der Waals surface area contributed by atoms with Gasteiger partial charge in [-0.3, -0.25) is 0 Å². The van der Waals surface area contributed by atoms with Crippen molar-refractivity contribution >= 4 is 23.1 Å². The monoisotopic (exact) mass is 390 g/mol. The lowest BCUT2D eigenvalue weighted by Gasteiger charge is -2.37. The maximum absolute atomic E-state index is 14.1. The summed E-state index contributed by atoms with van der Waals surface area (Å²) in [7, 11) is 0. The van der Waals surface area contributed by atoms with E-state index in [1.807, 2.05) is 12.1 Å². The van der Waals surface area contributed by atoms with Crippen LogP contribution in [0.25, 0.3) is 0 Å². The first-order valence-corrected chi connectivity index (χ1v) is 10.1. The van der Waals surface area contributed by atoms with Crippen molar-refractivity contribution in [3.8, 4) is 0 Å². The largest absolute Gasteiger partial charge is 0.366 e. The number of para-hydroxylation sites is 2. The normalized spacial score (nSPS) is 16.7. The number of benzene rings is 2. The molecule has 7 heteroatoms. The summed E-state index contributed by atoms with van der Waals surface area (Å²) in [6.45, 7) is 3.91. The molecule has 0 bridgehead atoms. The molecule has 0 atom stereocenters. The van der Waals surface area contributed by atoms with Crippen molar-refractivity contribution in [2.75, 3.05) is 47.4 Å². The molecule has 0 aliphatic carbocycles. The first kappa shape index (κ1) is 17.8. The molecule has 6 nitrogen and oxygen atoms in total.